The summed E-state index contributed by atoms with van der Waals surface area (Å²) in [6, 6.07) is 26.0. The van der Waals surface area contributed by atoms with Gasteiger partial charge < -0.3 is 19.7 Å². The van der Waals surface area contributed by atoms with Crippen LogP contribution in [0.4, 0.5) is 15.8 Å². The molecule has 4 aromatic rings. The molecule has 1 atom stereocenters. The molecule has 0 saturated heterocycles. The predicted octanol–water partition coefficient (Wildman–Crippen LogP) is 4.47. The highest BCUT2D eigenvalue weighted by Crippen LogP contribution is 2.33. The molecule has 43 heavy (non-hydrogen) atoms. The fraction of sp³-hybridized carbons (Fsp3) is 0.188. The van der Waals surface area contributed by atoms with Gasteiger partial charge in [0.1, 0.15) is 17.3 Å². The third-order valence-corrected chi connectivity index (χ3v) is 8.21. The van der Waals surface area contributed by atoms with Gasteiger partial charge in [0.2, 0.25) is 0 Å². The number of carbonyl (C=O) groups excluding carboxylic acids is 2. The van der Waals surface area contributed by atoms with E-state index in [1.165, 1.54) is 35.2 Å². The summed E-state index contributed by atoms with van der Waals surface area (Å²) in [6.45, 7) is 1.74. The molecule has 1 heterocycles. The van der Waals surface area contributed by atoms with Crippen LogP contribution in [-0.2, 0) is 26.0 Å². The first-order chi connectivity index (χ1) is 20.7. The van der Waals surface area contributed by atoms with Crippen LogP contribution in [0, 0.1) is 12.7 Å². The van der Waals surface area contributed by atoms with Gasteiger partial charge >= 0.3 is 0 Å². The van der Waals surface area contributed by atoms with Crippen molar-refractivity contribution in [3.8, 4) is 11.5 Å². The molecule has 0 spiro atoms. The average Bonchev–Trinajstić information content (AvgIpc) is 3.01. The van der Waals surface area contributed by atoms with E-state index in [0.717, 1.165) is 17.7 Å². The van der Waals surface area contributed by atoms with E-state index in [0.29, 0.717) is 35.7 Å². The fourth-order valence-electron chi connectivity index (χ4n) is 4.60. The lowest BCUT2D eigenvalue weighted by Gasteiger charge is -2.34. The van der Waals surface area contributed by atoms with E-state index in [2.05, 4.69) is 10.0 Å². The molecule has 1 aliphatic heterocycles. The Bertz CT molecular complexity index is 1720. The van der Waals surface area contributed by atoms with E-state index in [-0.39, 0.29) is 29.6 Å². The summed E-state index contributed by atoms with van der Waals surface area (Å²) in [5, 5.41) is 2.89. The number of hydrogen-bond donors (Lipinski definition) is 2. The average molecular weight is 604 g/mol. The lowest BCUT2D eigenvalue weighted by Crippen LogP contribution is -2.52. The number of fused-ring (bicyclic) bond motifs is 1. The summed E-state index contributed by atoms with van der Waals surface area (Å²) < 4.78 is 52.9. The second kappa shape index (κ2) is 13.0. The van der Waals surface area contributed by atoms with E-state index in [9.17, 15) is 22.4 Å². The van der Waals surface area contributed by atoms with E-state index in [1.807, 2.05) is 30.3 Å². The number of para-hydroxylation sites is 2. The molecular weight excluding hydrogens is 573 g/mol. The summed E-state index contributed by atoms with van der Waals surface area (Å²) in [7, 11) is -3.94. The molecular formula is C32H30FN3O6S. The Labute approximate surface area is 249 Å². The zero-order valence-electron chi connectivity index (χ0n) is 23.3. The summed E-state index contributed by atoms with van der Waals surface area (Å²) in [5.41, 5.74) is 2.33. The van der Waals surface area contributed by atoms with Crippen molar-refractivity contribution in [2.24, 2.45) is 0 Å². The number of ether oxygens (including phenoxy) is 2. The van der Waals surface area contributed by atoms with Crippen LogP contribution in [0.25, 0.3) is 0 Å². The molecule has 0 unspecified atom stereocenters. The van der Waals surface area contributed by atoms with Crippen molar-refractivity contribution < 1.29 is 31.9 Å². The van der Waals surface area contributed by atoms with Gasteiger partial charge in [-0.05, 0) is 79.1 Å². The topological polar surface area (TPSA) is 114 Å². The highest BCUT2D eigenvalue weighted by Gasteiger charge is 2.34. The summed E-state index contributed by atoms with van der Waals surface area (Å²) >= 11 is 0. The zero-order valence-corrected chi connectivity index (χ0v) is 24.1. The Morgan fingerprint density at radius 2 is 1.70 bits per heavy atom. The molecule has 0 aliphatic carbocycles. The Balaban J connectivity index is 1.22. The maximum atomic E-state index is 13.3. The van der Waals surface area contributed by atoms with Gasteiger partial charge in [0.25, 0.3) is 21.8 Å². The van der Waals surface area contributed by atoms with Gasteiger partial charge in [0.05, 0.1) is 17.1 Å². The number of sulfonamides is 1. The number of rotatable bonds is 10. The lowest BCUT2D eigenvalue weighted by molar-refractivity contribution is -0.128. The number of halogens is 1. The number of nitrogens with one attached hydrogen (secondary N) is 2. The molecule has 0 aromatic heterocycles. The molecule has 2 amide bonds. The van der Waals surface area contributed by atoms with Gasteiger partial charge in [0.15, 0.2) is 12.7 Å². The van der Waals surface area contributed by atoms with Crippen molar-refractivity contribution in [2.45, 2.75) is 24.3 Å². The van der Waals surface area contributed by atoms with Gasteiger partial charge in [-0.25, -0.2) is 12.8 Å². The van der Waals surface area contributed by atoms with Gasteiger partial charge in [-0.3, -0.25) is 14.3 Å². The van der Waals surface area contributed by atoms with Crippen LogP contribution in [0.3, 0.4) is 0 Å². The van der Waals surface area contributed by atoms with E-state index >= 15 is 0 Å². The molecule has 1 aliphatic rings. The minimum absolute atomic E-state index is 0.00158. The van der Waals surface area contributed by atoms with E-state index in [4.69, 9.17) is 9.47 Å². The monoisotopic (exact) mass is 603 g/mol. The predicted molar refractivity (Wildman–Crippen MR) is 160 cm³/mol. The number of anilines is 2. The zero-order chi connectivity index (χ0) is 30.4. The highest BCUT2D eigenvalue weighted by atomic mass is 32.2. The molecule has 2 N–H and O–H groups in total. The fourth-order valence-corrected chi connectivity index (χ4v) is 5.74. The molecule has 0 bridgehead atoms. The third kappa shape index (κ3) is 7.31. The first-order valence-electron chi connectivity index (χ1n) is 13.6. The highest BCUT2D eigenvalue weighted by molar-refractivity contribution is 7.92. The Morgan fingerprint density at radius 1 is 0.977 bits per heavy atom. The lowest BCUT2D eigenvalue weighted by atomic mass is 10.1. The summed E-state index contributed by atoms with van der Waals surface area (Å²) in [5.74, 6) is -0.471. The van der Waals surface area contributed by atoms with Crippen molar-refractivity contribution in [1.82, 2.24) is 5.32 Å². The van der Waals surface area contributed by atoms with Gasteiger partial charge in [-0.2, -0.15) is 0 Å². The molecule has 4 aromatic carbocycles. The summed E-state index contributed by atoms with van der Waals surface area (Å²) in [4.78, 5) is 27.7. The SMILES string of the molecule is Cc1cc(S(=O)(=O)Nc2ccc(F)cc2)ccc1OCC(=O)N1C[C@H](C(=O)NCCc2ccccc2)Oc2ccccc21. The minimum Gasteiger partial charge on any atom is -0.483 e. The number of nitrogens with zero attached hydrogens (tertiary/aromatic N) is 1. The van der Waals surface area contributed by atoms with Crippen LogP contribution >= 0.6 is 0 Å². The summed E-state index contributed by atoms with van der Waals surface area (Å²) in [6.07, 6.45) is -0.247. The smallest absolute Gasteiger partial charge is 0.265 e. The molecule has 222 valence electrons. The normalized spacial score (nSPS) is 14.3. The van der Waals surface area contributed by atoms with Gasteiger partial charge in [-0.1, -0.05) is 42.5 Å². The quantitative estimate of drug-likeness (QED) is 0.277. The van der Waals surface area contributed by atoms with E-state index < -0.39 is 27.9 Å². The van der Waals surface area contributed by atoms with Crippen LogP contribution in [0.2, 0.25) is 0 Å². The second-order valence-corrected chi connectivity index (χ2v) is 11.6. The van der Waals surface area contributed by atoms with Crippen molar-refractivity contribution in [2.75, 3.05) is 29.3 Å². The van der Waals surface area contributed by atoms with Crippen LogP contribution in [-0.4, -0.2) is 46.0 Å². The number of aryl methyl sites for hydroxylation is 1. The van der Waals surface area contributed by atoms with Crippen molar-refractivity contribution in [1.29, 1.82) is 0 Å². The maximum absolute atomic E-state index is 13.3. The van der Waals surface area contributed by atoms with E-state index in [1.54, 1.807) is 31.2 Å². The molecule has 0 fully saturated rings. The maximum Gasteiger partial charge on any atom is 0.265 e. The first kappa shape index (κ1) is 29.6. The minimum atomic E-state index is -3.94. The molecule has 0 saturated carbocycles. The van der Waals surface area contributed by atoms with Crippen LogP contribution in [0.1, 0.15) is 11.1 Å². The van der Waals surface area contributed by atoms with Crippen LogP contribution in [0.5, 0.6) is 11.5 Å². The molecule has 5 rings (SSSR count). The second-order valence-electron chi connectivity index (χ2n) is 9.93. The van der Waals surface area contributed by atoms with Crippen molar-refractivity contribution in [3.63, 3.8) is 0 Å². The van der Waals surface area contributed by atoms with Gasteiger partial charge in [-0.15, -0.1) is 0 Å². The Kier molecular flexibility index (Phi) is 8.91. The first-order valence-corrected chi connectivity index (χ1v) is 15.1. The van der Waals surface area contributed by atoms with Crippen molar-refractivity contribution >= 4 is 33.2 Å². The van der Waals surface area contributed by atoms with Crippen LogP contribution in [0.15, 0.2) is 102 Å². The molecule has 9 nitrogen and oxygen atoms in total. The van der Waals surface area contributed by atoms with Gasteiger partial charge in [0, 0.05) is 12.2 Å². The number of hydrogen-bond acceptors (Lipinski definition) is 6. The Hall–Kier alpha value is -4.90. The van der Waals surface area contributed by atoms with Crippen molar-refractivity contribution in [3.05, 3.63) is 114 Å². The van der Waals surface area contributed by atoms with Crippen LogP contribution < -0.4 is 24.4 Å². The molecule has 0 radical (unpaired) electrons. The third-order valence-electron chi connectivity index (χ3n) is 6.83. The standard InChI is InChI=1S/C32H30FN3O6S/c1-22-19-26(43(39,40)35-25-13-11-24(33)12-14-25)15-16-28(22)41-21-31(37)36-20-30(42-29-10-6-5-9-27(29)36)32(38)34-18-17-23-7-3-2-4-8-23/h2-16,19,30,35H,17-18,20-21H2,1H3,(H,34,38)/t30-/m1/s1. The number of amides is 2. The molecule has 11 heteroatoms. The Morgan fingerprint density at radius 3 is 2.44 bits per heavy atom. The largest absolute Gasteiger partial charge is 0.483 e. The number of carbonyl (C=O) groups is 2. The number of benzene rings is 4.